The second-order valence-electron chi connectivity index (χ2n) is 12.0. The number of hydrogen-bond donors (Lipinski definition) is 2. The lowest BCUT2D eigenvalue weighted by molar-refractivity contribution is 0.0939. The van der Waals surface area contributed by atoms with Crippen LogP contribution in [0.4, 0.5) is 8.78 Å². The van der Waals surface area contributed by atoms with Gasteiger partial charge in [-0.3, -0.25) is 18.4 Å². The minimum Gasteiger partial charge on any atom is -0.494 e. The molecule has 0 aliphatic rings. The van der Waals surface area contributed by atoms with E-state index in [1.807, 2.05) is 48.5 Å². The molecule has 2 aromatic carbocycles. The molecule has 0 aliphatic heterocycles. The fourth-order valence-electron chi connectivity index (χ4n) is 5.47. The molecule has 6 aromatic rings. The van der Waals surface area contributed by atoms with E-state index in [2.05, 4.69) is 65.0 Å². The third-order valence-electron chi connectivity index (χ3n) is 8.21. The number of nitrogens with one attached hydrogen (secondary N) is 2. The van der Waals surface area contributed by atoms with Gasteiger partial charge < -0.3 is 15.4 Å². The number of imidazole rings is 2. The Morgan fingerprint density at radius 1 is 0.750 bits per heavy atom. The van der Waals surface area contributed by atoms with Crippen molar-refractivity contribution in [2.75, 3.05) is 11.0 Å². The monoisotopic (exact) mass is 816 g/mol. The van der Waals surface area contributed by atoms with Crippen LogP contribution in [0, 0.1) is 30.9 Å². The Labute approximate surface area is 312 Å². The molecule has 0 fully saturated rings. The van der Waals surface area contributed by atoms with Gasteiger partial charge in [0.1, 0.15) is 5.75 Å². The van der Waals surface area contributed by atoms with Crippen LogP contribution in [0.2, 0.25) is 0 Å². The highest BCUT2D eigenvalue weighted by Gasteiger charge is 2.20. The molecule has 0 saturated heterocycles. The first-order chi connectivity index (χ1) is 25.3. The van der Waals surface area contributed by atoms with E-state index in [1.165, 1.54) is 10.6 Å². The van der Waals surface area contributed by atoms with Gasteiger partial charge in [-0.2, -0.15) is 18.7 Å². The van der Waals surface area contributed by atoms with E-state index in [1.54, 1.807) is 25.3 Å². The van der Waals surface area contributed by atoms with Crippen molar-refractivity contribution in [3.05, 3.63) is 125 Å². The molecule has 11 nitrogen and oxygen atoms in total. The quantitative estimate of drug-likeness (QED) is 0.0582. The van der Waals surface area contributed by atoms with E-state index in [9.17, 15) is 18.4 Å². The van der Waals surface area contributed by atoms with E-state index in [-0.39, 0.29) is 35.8 Å². The zero-order valence-electron chi connectivity index (χ0n) is 28.3. The number of carbonyl (C=O) groups is 2. The number of carbonyl (C=O) groups excluding carboxylic acids is 2. The number of unbranched alkanes of at least 4 members (excludes halogenated alkanes) is 3. The molecule has 0 bridgehead atoms. The second kappa shape index (κ2) is 17.2. The highest BCUT2D eigenvalue weighted by atomic mass is 127. The number of benzene rings is 2. The van der Waals surface area contributed by atoms with Crippen LogP contribution in [0.25, 0.3) is 11.3 Å². The minimum atomic E-state index is -0.791. The molecular formula is C38H35F2IN8O3. The molecule has 0 atom stereocenters. The Balaban J connectivity index is 0.905. The third kappa shape index (κ3) is 9.07. The molecule has 6 rings (SSSR count). The van der Waals surface area contributed by atoms with Gasteiger partial charge in [-0.25, -0.2) is 9.97 Å². The first-order valence-corrected chi connectivity index (χ1v) is 18.3. The number of rotatable bonds is 14. The van der Waals surface area contributed by atoms with Gasteiger partial charge in [0.15, 0.2) is 22.7 Å². The van der Waals surface area contributed by atoms with Gasteiger partial charge in [-0.15, -0.1) is 0 Å². The van der Waals surface area contributed by atoms with Crippen molar-refractivity contribution in [3.8, 4) is 17.6 Å². The van der Waals surface area contributed by atoms with Crippen LogP contribution in [-0.2, 0) is 19.5 Å². The maximum Gasteiger partial charge on any atom is 0.295 e. The number of aromatic nitrogens is 6. The molecule has 2 N–H and O–H groups in total. The highest BCUT2D eigenvalue weighted by molar-refractivity contribution is 14.1. The van der Waals surface area contributed by atoms with Crippen molar-refractivity contribution in [3.63, 3.8) is 0 Å². The number of aryl methyl sites for hydroxylation is 2. The topological polar surface area (TPSA) is 128 Å². The van der Waals surface area contributed by atoms with Crippen molar-refractivity contribution in [1.82, 2.24) is 39.4 Å². The average molecular weight is 817 g/mol. The second-order valence-corrected chi connectivity index (χ2v) is 12.8. The SMILES string of the molecule is Cc1ccn2c(F)nc(C(=O)NCc3ccc(OCCCCCCc4ccn5c(F)nc(C(=O)NCc6ccc(C#CCI)cc6)c5n4)cc3)c2n1. The van der Waals surface area contributed by atoms with Gasteiger partial charge in [-0.05, 0) is 73.7 Å². The minimum absolute atomic E-state index is 0.0498. The summed E-state index contributed by atoms with van der Waals surface area (Å²) in [6.45, 7) is 2.82. The summed E-state index contributed by atoms with van der Waals surface area (Å²) in [7, 11) is 0. The van der Waals surface area contributed by atoms with Crippen LogP contribution in [0.5, 0.6) is 5.75 Å². The normalized spacial score (nSPS) is 11.0. The van der Waals surface area contributed by atoms with Crippen molar-refractivity contribution in [2.45, 2.75) is 52.1 Å². The van der Waals surface area contributed by atoms with Crippen molar-refractivity contribution in [2.24, 2.45) is 0 Å². The van der Waals surface area contributed by atoms with Crippen LogP contribution >= 0.6 is 22.6 Å². The number of ether oxygens (including phenoxy) is 1. The van der Waals surface area contributed by atoms with E-state index in [4.69, 9.17) is 4.74 Å². The molecule has 52 heavy (non-hydrogen) atoms. The Morgan fingerprint density at radius 3 is 1.96 bits per heavy atom. The van der Waals surface area contributed by atoms with Gasteiger partial charge in [0, 0.05) is 42.4 Å². The molecule has 0 spiro atoms. The Morgan fingerprint density at radius 2 is 1.33 bits per heavy atom. The maximum absolute atomic E-state index is 14.5. The third-order valence-corrected chi connectivity index (χ3v) is 8.59. The lowest BCUT2D eigenvalue weighted by atomic mass is 10.1. The largest absolute Gasteiger partial charge is 0.494 e. The number of hydrogen-bond acceptors (Lipinski definition) is 7. The van der Waals surface area contributed by atoms with E-state index in [0.717, 1.165) is 62.6 Å². The van der Waals surface area contributed by atoms with E-state index < -0.39 is 24.0 Å². The number of fused-ring (bicyclic) bond motifs is 2. The van der Waals surface area contributed by atoms with Gasteiger partial charge in [0.05, 0.1) is 11.0 Å². The summed E-state index contributed by atoms with van der Waals surface area (Å²) < 4.78 is 37.6. The summed E-state index contributed by atoms with van der Waals surface area (Å²) in [6.07, 6.45) is 5.78. The summed E-state index contributed by atoms with van der Waals surface area (Å²) in [5.74, 6) is 5.79. The highest BCUT2D eigenvalue weighted by Crippen LogP contribution is 2.17. The van der Waals surface area contributed by atoms with Gasteiger partial charge >= 0.3 is 0 Å². The molecule has 0 unspecified atom stereocenters. The van der Waals surface area contributed by atoms with Crippen LogP contribution < -0.4 is 15.4 Å². The molecule has 0 aliphatic carbocycles. The average Bonchev–Trinajstić information content (AvgIpc) is 3.67. The molecular weight excluding hydrogens is 781 g/mol. The summed E-state index contributed by atoms with van der Waals surface area (Å²) >= 11 is 2.20. The first kappa shape index (κ1) is 36.4. The fraction of sp³-hybridized carbons (Fsp3) is 0.263. The smallest absolute Gasteiger partial charge is 0.295 e. The molecule has 4 heterocycles. The summed E-state index contributed by atoms with van der Waals surface area (Å²) in [5.41, 5.74) is 4.31. The zero-order chi connectivity index (χ0) is 36.5. The van der Waals surface area contributed by atoms with E-state index in [0.29, 0.717) is 18.7 Å². The Bertz CT molecular complexity index is 2260. The maximum atomic E-state index is 14.5. The van der Waals surface area contributed by atoms with Gasteiger partial charge in [0.25, 0.3) is 24.0 Å². The Hall–Kier alpha value is -5.43. The zero-order valence-corrected chi connectivity index (χ0v) is 30.5. The molecule has 266 valence electrons. The lowest BCUT2D eigenvalue weighted by Gasteiger charge is -2.08. The predicted molar refractivity (Wildman–Crippen MR) is 199 cm³/mol. The first-order valence-electron chi connectivity index (χ1n) is 16.8. The van der Waals surface area contributed by atoms with Crippen molar-refractivity contribution >= 4 is 45.7 Å². The number of halogens is 3. The van der Waals surface area contributed by atoms with Crippen molar-refractivity contribution in [1.29, 1.82) is 0 Å². The summed E-state index contributed by atoms with van der Waals surface area (Å²) in [6, 6.07) is 18.4. The van der Waals surface area contributed by atoms with Crippen LogP contribution in [0.15, 0.2) is 73.1 Å². The fourth-order valence-corrected chi connectivity index (χ4v) is 5.66. The number of amides is 2. The standard InChI is InChI=1S/C38H35F2IN8O3/c1-25-17-20-48-33(44-25)31(46-37(48)39)35(50)43-24-28-13-15-30(16-14-28)52-22-5-3-2-4-8-29-18-21-49-34(45-29)32(47-38(49)40)36(51)42-23-27-11-9-26(10-12-27)7-6-19-41/h9-18,20-21H,2-5,8,19,22-24H2,1H3,(H,42,51)(H,43,50). The van der Waals surface area contributed by atoms with Crippen molar-refractivity contribution < 1.29 is 23.1 Å². The number of nitrogens with zero attached hydrogens (tertiary/aromatic N) is 6. The predicted octanol–water partition coefficient (Wildman–Crippen LogP) is 6.19. The molecule has 0 radical (unpaired) electrons. The molecule has 2 amide bonds. The van der Waals surface area contributed by atoms with Gasteiger partial charge in [-0.1, -0.05) is 71.5 Å². The summed E-state index contributed by atoms with van der Waals surface area (Å²) in [4.78, 5) is 42.0. The Kier molecular flexibility index (Phi) is 12.0. The molecule has 14 heteroatoms. The van der Waals surface area contributed by atoms with Gasteiger partial charge in [0.2, 0.25) is 0 Å². The number of alkyl halides is 1. The summed E-state index contributed by atoms with van der Waals surface area (Å²) in [5, 5.41) is 5.58. The van der Waals surface area contributed by atoms with Crippen LogP contribution in [0.3, 0.4) is 0 Å². The molecule has 4 aromatic heterocycles. The van der Waals surface area contributed by atoms with Crippen LogP contribution in [0.1, 0.15) is 74.7 Å². The van der Waals surface area contributed by atoms with Crippen LogP contribution in [-0.4, -0.2) is 51.6 Å². The lowest BCUT2D eigenvalue weighted by Crippen LogP contribution is -2.23. The molecule has 0 saturated carbocycles. The van der Waals surface area contributed by atoms with E-state index >= 15 is 0 Å².